The van der Waals surface area contributed by atoms with E-state index in [-0.39, 0.29) is 20.9 Å². The van der Waals surface area contributed by atoms with E-state index in [1.807, 2.05) is 39.0 Å². The van der Waals surface area contributed by atoms with Crippen LogP contribution in [0.3, 0.4) is 0 Å². The maximum absolute atomic E-state index is 12.2. The molecule has 1 aromatic rings. The van der Waals surface area contributed by atoms with Crippen molar-refractivity contribution in [3.63, 3.8) is 0 Å². The molecule has 3 heteroatoms. The second-order valence-electron chi connectivity index (χ2n) is 4.50. The molecule has 1 atom stereocenters. The molecule has 0 aromatic heterocycles. The predicted octanol–water partition coefficient (Wildman–Crippen LogP) is 2.72. The second-order valence-corrected chi connectivity index (χ2v) is 7.81. The van der Waals surface area contributed by atoms with Crippen LogP contribution in [0, 0.1) is 0 Å². The second kappa shape index (κ2) is 6.77. The molecule has 0 N–H and O–H groups in total. The zero-order valence-corrected chi connectivity index (χ0v) is 12.9. The van der Waals surface area contributed by atoms with E-state index in [4.69, 9.17) is 4.74 Å². The van der Waals surface area contributed by atoms with Crippen molar-refractivity contribution < 1.29 is 9.53 Å². The minimum atomic E-state index is -0.462. The molecular formula is C15H20O2Se. The van der Waals surface area contributed by atoms with Crippen LogP contribution in [0.25, 0.3) is 0 Å². The number of ether oxygens (including phenoxy) is 1. The maximum atomic E-state index is 12.2. The van der Waals surface area contributed by atoms with Crippen LogP contribution in [-0.2, 0) is 9.53 Å². The fraction of sp³-hybridized carbons (Fsp3) is 0.400. The molecule has 18 heavy (non-hydrogen) atoms. The quantitative estimate of drug-likeness (QED) is 0.459. The van der Waals surface area contributed by atoms with Crippen molar-refractivity contribution in [2.24, 2.45) is 0 Å². The summed E-state index contributed by atoms with van der Waals surface area (Å²) in [6, 6.07) is 10.1. The Kier molecular flexibility index (Phi) is 5.64. The van der Waals surface area contributed by atoms with Crippen molar-refractivity contribution >= 4 is 25.4 Å². The molecule has 0 saturated heterocycles. The number of carbonyl (C=O) groups excluding carboxylic acids is 1. The third-order valence-corrected chi connectivity index (χ3v) is 5.10. The van der Waals surface area contributed by atoms with Gasteiger partial charge in [0.25, 0.3) is 0 Å². The van der Waals surface area contributed by atoms with Gasteiger partial charge in [-0.3, -0.25) is 0 Å². The molecule has 0 bridgehead atoms. The van der Waals surface area contributed by atoms with E-state index in [1.165, 1.54) is 4.46 Å². The first-order valence-corrected chi connectivity index (χ1v) is 7.75. The number of benzene rings is 1. The van der Waals surface area contributed by atoms with Crippen LogP contribution >= 0.6 is 0 Å². The van der Waals surface area contributed by atoms with Gasteiger partial charge in [0.15, 0.2) is 0 Å². The van der Waals surface area contributed by atoms with Gasteiger partial charge in [-0.2, -0.15) is 0 Å². The molecular weight excluding hydrogens is 291 g/mol. The van der Waals surface area contributed by atoms with Crippen LogP contribution in [0.5, 0.6) is 0 Å². The Morgan fingerprint density at radius 2 is 2.00 bits per heavy atom. The predicted molar refractivity (Wildman–Crippen MR) is 76.3 cm³/mol. The molecule has 1 rings (SSSR count). The van der Waals surface area contributed by atoms with Gasteiger partial charge in [0.05, 0.1) is 0 Å². The summed E-state index contributed by atoms with van der Waals surface area (Å²) >= 11 is 0.0411. The van der Waals surface area contributed by atoms with Gasteiger partial charge in [-0.1, -0.05) is 0 Å². The fourth-order valence-corrected chi connectivity index (χ4v) is 4.43. The van der Waals surface area contributed by atoms with Crippen molar-refractivity contribution in [2.75, 3.05) is 6.61 Å². The molecule has 0 saturated carbocycles. The topological polar surface area (TPSA) is 26.3 Å². The van der Waals surface area contributed by atoms with Crippen LogP contribution in [0.2, 0.25) is 4.31 Å². The average Bonchev–Trinajstić information content (AvgIpc) is 2.29. The fourth-order valence-electron chi connectivity index (χ4n) is 1.76. The Bertz CT molecular complexity index is 414. The Morgan fingerprint density at radius 1 is 1.39 bits per heavy atom. The van der Waals surface area contributed by atoms with Crippen molar-refractivity contribution in [2.45, 2.75) is 31.5 Å². The number of rotatable bonds is 6. The Morgan fingerprint density at radius 3 is 2.50 bits per heavy atom. The summed E-state index contributed by atoms with van der Waals surface area (Å²) in [5, 5.41) is 0. The van der Waals surface area contributed by atoms with Crippen molar-refractivity contribution in [1.82, 2.24) is 0 Å². The van der Waals surface area contributed by atoms with E-state index in [0.29, 0.717) is 13.0 Å². The summed E-state index contributed by atoms with van der Waals surface area (Å²) in [5.41, 5.74) is 1.02. The van der Waals surface area contributed by atoms with Gasteiger partial charge in [0.2, 0.25) is 0 Å². The van der Waals surface area contributed by atoms with Gasteiger partial charge < -0.3 is 0 Å². The first kappa shape index (κ1) is 15.0. The van der Waals surface area contributed by atoms with Gasteiger partial charge in [0.1, 0.15) is 0 Å². The average molecular weight is 311 g/mol. The molecule has 0 aliphatic rings. The summed E-state index contributed by atoms with van der Waals surface area (Å²) in [5.74, 6) is -0.114. The van der Waals surface area contributed by atoms with Crippen LogP contribution in [0.1, 0.15) is 27.2 Å². The first-order valence-electron chi connectivity index (χ1n) is 6.03. The molecule has 0 fully saturated rings. The third kappa shape index (κ3) is 4.32. The van der Waals surface area contributed by atoms with E-state index >= 15 is 0 Å². The number of carbonyl (C=O) groups is 1. The van der Waals surface area contributed by atoms with E-state index in [1.54, 1.807) is 0 Å². The van der Waals surface area contributed by atoms with E-state index in [0.717, 1.165) is 5.57 Å². The van der Waals surface area contributed by atoms with Gasteiger partial charge in [-0.05, 0) is 0 Å². The standard InChI is InChI=1S/C15H20O2Se/c1-5-17-14(16)15(4,11-12(2)3)18-13-9-7-6-8-10-13/h6-10H,2,5,11H2,1,3-4H3. The third-order valence-electron chi connectivity index (χ3n) is 2.43. The van der Waals surface area contributed by atoms with Gasteiger partial charge in [-0.25, -0.2) is 0 Å². The summed E-state index contributed by atoms with van der Waals surface area (Å²) < 4.78 is 5.96. The van der Waals surface area contributed by atoms with Gasteiger partial charge >= 0.3 is 116 Å². The molecule has 1 unspecified atom stereocenters. The summed E-state index contributed by atoms with van der Waals surface area (Å²) in [6.45, 7) is 10.1. The molecule has 2 nitrogen and oxygen atoms in total. The van der Waals surface area contributed by atoms with Gasteiger partial charge in [-0.15, -0.1) is 0 Å². The van der Waals surface area contributed by atoms with E-state index in [9.17, 15) is 4.79 Å². The molecule has 1 aromatic carbocycles. The number of hydrogen-bond donors (Lipinski definition) is 0. The van der Waals surface area contributed by atoms with Crippen molar-refractivity contribution in [3.8, 4) is 0 Å². The minimum absolute atomic E-state index is 0.0411. The van der Waals surface area contributed by atoms with Crippen LogP contribution < -0.4 is 4.46 Å². The number of hydrogen-bond acceptors (Lipinski definition) is 2. The Hall–Kier alpha value is -1.05. The van der Waals surface area contributed by atoms with Crippen LogP contribution in [0.15, 0.2) is 42.5 Å². The van der Waals surface area contributed by atoms with E-state index < -0.39 is 4.31 Å². The summed E-state index contributed by atoms with van der Waals surface area (Å²) in [6.07, 6.45) is 0.681. The molecule has 0 aliphatic heterocycles. The SMILES string of the molecule is C=C(C)CC(C)([Se]c1ccccc1)C(=O)OCC. The molecule has 0 aliphatic carbocycles. The molecule has 0 spiro atoms. The van der Waals surface area contributed by atoms with Crippen LogP contribution in [0.4, 0.5) is 0 Å². The zero-order valence-electron chi connectivity index (χ0n) is 11.2. The normalized spacial score (nSPS) is 13.7. The van der Waals surface area contributed by atoms with Crippen LogP contribution in [-0.4, -0.2) is 27.5 Å². The molecule has 0 amide bonds. The number of esters is 1. The number of allylic oxidation sites excluding steroid dienone is 1. The first-order chi connectivity index (χ1) is 8.48. The molecule has 0 heterocycles. The van der Waals surface area contributed by atoms with Crippen molar-refractivity contribution in [3.05, 3.63) is 42.5 Å². The Labute approximate surface area is 116 Å². The van der Waals surface area contributed by atoms with E-state index in [2.05, 4.69) is 18.7 Å². The zero-order chi connectivity index (χ0) is 13.6. The Balaban J connectivity index is 2.90. The molecule has 0 radical (unpaired) electrons. The molecule has 98 valence electrons. The monoisotopic (exact) mass is 312 g/mol. The summed E-state index contributed by atoms with van der Waals surface area (Å²) in [4.78, 5) is 12.2. The van der Waals surface area contributed by atoms with Gasteiger partial charge in [0, 0.05) is 0 Å². The summed E-state index contributed by atoms with van der Waals surface area (Å²) in [7, 11) is 0. The van der Waals surface area contributed by atoms with Crippen molar-refractivity contribution in [1.29, 1.82) is 0 Å².